The first-order valence-corrected chi connectivity index (χ1v) is 19.9. The van der Waals surface area contributed by atoms with Gasteiger partial charge in [0.25, 0.3) is 0 Å². The Hall–Kier alpha value is -7.68. The molecule has 13 aromatic rings. The van der Waals surface area contributed by atoms with Crippen LogP contribution in [0.4, 0.5) is 0 Å². The molecule has 0 aliphatic carbocycles. The highest BCUT2D eigenvalue weighted by atomic mass is 16.3. The van der Waals surface area contributed by atoms with Gasteiger partial charge in [0.15, 0.2) is 0 Å². The molecule has 0 radical (unpaired) electrons. The van der Waals surface area contributed by atoms with Crippen molar-refractivity contribution in [2.24, 2.45) is 0 Å². The molecule has 2 heteroatoms. The smallest absolute Gasteiger partial charge is 0.147 e. The molecule has 0 saturated carbocycles. The van der Waals surface area contributed by atoms with Crippen molar-refractivity contribution in [2.75, 3.05) is 0 Å². The maximum atomic E-state index is 6.63. The van der Waals surface area contributed by atoms with Crippen LogP contribution in [0, 0.1) is 0 Å². The lowest BCUT2D eigenvalue weighted by Crippen LogP contribution is -1.91. The predicted molar refractivity (Wildman–Crippen MR) is 245 cm³/mol. The Morgan fingerprint density at radius 1 is 0.241 bits per heavy atom. The summed E-state index contributed by atoms with van der Waals surface area (Å²) in [6, 6.07) is 70.7. The molecule has 0 bridgehead atoms. The standard InChI is InChI=1S/C56H32O2/c1-2-10-34-28-40(23-17-33(34)9-1)53-43-11-3-5-13-45(43)54(46-14-6-4-12-44(46)53)41-24-22-36-27-35(18-19-37(36)29-41)38-20-21-39-31-49-47-25-26-51-55(48-15-7-8-16-50(48)57-51)56(47)58-52(49)32-42(39)30-38/h1-32H. The van der Waals surface area contributed by atoms with Gasteiger partial charge in [0.2, 0.25) is 0 Å². The van der Waals surface area contributed by atoms with Crippen LogP contribution in [0.2, 0.25) is 0 Å². The van der Waals surface area contributed by atoms with Gasteiger partial charge in [0, 0.05) is 16.2 Å². The van der Waals surface area contributed by atoms with Gasteiger partial charge in [-0.1, -0.05) is 140 Å². The summed E-state index contributed by atoms with van der Waals surface area (Å²) in [5, 5.41) is 16.7. The van der Waals surface area contributed by atoms with Crippen molar-refractivity contribution in [1.29, 1.82) is 0 Å². The topological polar surface area (TPSA) is 26.3 Å². The van der Waals surface area contributed by atoms with E-state index in [0.29, 0.717) is 0 Å². The van der Waals surface area contributed by atoms with Crippen molar-refractivity contribution in [1.82, 2.24) is 0 Å². The minimum Gasteiger partial charge on any atom is -0.456 e. The van der Waals surface area contributed by atoms with E-state index in [-0.39, 0.29) is 0 Å². The van der Waals surface area contributed by atoms with Crippen LogP contribution in [0.15, 0.2) is 203 Å². The van der Waals surface area contributed by atoms with Crippen molar-refractivity contribution in [3.8, 4) is 33.4 Å². The number of benzene rings is 11. The average Bonchev–Trinajstić information content (AvgIpc) is 3.84. The largest absolute Gasteiger partial charge is 0.456 e. The van der Waals surface area contributed by atoms with E-state index in [1.807, 2.05) is 12.1 Å². The van der Waals surface area contributed by atoms with Crippen molar-refractivity contribution in [3.05, 3.63) is 194 Å². The van der Waals surface area contributed by atoms with Gasteiger partial charge in [0.05, 0.1) is 5.39 Å². The number of furan rings is 2. The maximum absolute atomic E-state index is 6.63. The summed E-state index contributed by atoms with van der Waals surface area (Å²) in [5.74, 6) is 0. The molecule has 58 heavy (non-hydrogen) atoms. The van der Waals surface area contributed by atoms with Gasteiger partial charge >= 0.3 is 0 Å². The monoisotopic (exact) mass is 736 g/mol. The fourth-order valence-electron chi connectivity index (χ4n) is 9.64. The third-order valence-electron chi connectivity index (χ3n) is 12.4. The van der Waals surface area contributed by atoms with E-state index in [1.165, 1.54) is 81.9 Å². The van der Waals surface area contributed by atoms with E-state index < -0.39 is 0 Å². The zero-order chi connectivity index (χ0) is 37.9. The highest BCUT2D eigenvalue weighted by Gasteiger charge is 2.19. The molecule has 0 atom stereocenters. The summed E-state index contributed by atoms with van der Waals surface area (Å²) in [6.45, 7) is 0. The fourth-order valence-corrected chi connectivity index (χ4v) is 9.64. The van der Waals surface area contributed by atoms with Gasteiger partial charge in [-0.3, -0.25) is 0 Å². The van der Waals surface area contributed by atoms with Crippen molar-refractivity contribution >= 4 is 97.7 Å². The molecule has 0 spiro atoms. The molecule has 2 heterocycles. The minimum absolute atomic E-state index is 0.847. The second kappa shape index (κ2) is 11.9. The van der Waals surface area contributed by atoms with Crippen LogP contribution in [-0.4, -0.2) is 0 Å². The molecule has 0 aliphatic heterocycles. The summed E-state index contributed by atoms with van der Waals surface area (Å²) in [4.78, 5) is 0. The molecule has 2 aromatic heterocycles. The van der Waals surface area contributed by atoms with Crippen LogP contribution in [0.25, 0.3) is 131 Å². The Morgan fingerprint density at radius 2 is 0.724 bits per heavy atom. The van der Waals surface area contributed by atoms with Gasteiger partial charge in [-0.25, -0.2) is 0 Å². The van der Waals surface area contributed by atoms with Gasteiger partial charge in [-0.05, 0) is 142 Å². The van der Waals surface area contributed by atoms with E-state index in [1.54, 1.807) is 0 Å². The summed E-state index contributed by atoms with van der Waals surface area (Å²) >= 11 is 0. The Labute approximate surface area is 332 Å². The Kier molecular flexibility index (Phi) is 6.47. The van der Waals surface area contributed by atoms with E-state index >= 15 is 0 Å². The van der Waals surface area contributed by atoms with Gasteiger partial charge < -0.3 is 8.83 Å². The molecule has 0 amide bonds. The van der Waals surface area contributed by atoms with E-state index in [4.69, 9.17) is 8.83 Å². The van der Waals surface area contributed by atoms with Crippen LogP contribution in [0.1, 0.15) is 0 Å². The number of fused-ring (bicyclic) bond motifs is 12. The first-order chi connectivity index (χ1) is 28.7. The Morgan fingerprint density at radius 3 is 1.38 bits per heavy atom. The van der Waals surface area contributed by atoms with Gasteiger partial charge in [-0.15, -0.1) is 0 Å². The predicted octanol–water partition coefficient (Wildman–Crippen LogP) is 16.3. The van der Waals surface area contributed by atoms with Gasteiger partial charge in [0.1, 0.15) is 22.3 Å². The second-order valence-corrected chi connectivity index (χ2v) is 15.6. The summed E-state index contributed by atoms with van der Waals surface area (Å²) in [6.07, 6.45) is 0. The van der Waals surface area contributed by atoms with E-state index in [2.05, 4.69) is 182 Å². The molecule has 13 rings (SSSR count). The van der Waals surface area contributed by atoms with Crippen LogP contribution < -0.4 is 0 Å². The quantitative estimate of drug-likeness (QED) is 0.169. The second-order valence-electron chi connectivity index (χ2n) is 15.6. The third kappa shape index (κ3) is 4.60. The summed E-state index contributed by atoms with van der Waals surface area (Å²) in [5.41, 5.74) is 10.9. The lowest BCUT2D eigenvalue weighted by Gasteiger charge is -2.18. The van der Waals surface area contributed by atoms with Crippen molar-refractivity contribution in [3.63, 3.8) is 0 Å². The molecule has 11 aromatic carbocycles. The number of rotatable bonds is 3. The van der Waals surface area contributed by atoms with Gasteiger partial charge in [-0.2, -0.15) is 0 Å². The molecule has 0 aliphatic rings. The van der Waals surface area contributed by atoms with Crippen LogP contribution >= 0.6 is 0 Å². The SMILES string of the molecule is c1ccc2cc(-c3c4ccccc4c(-c4ccc5cc(-c6ccc7cc8c(cc7c6)oc6c8ccc7oc8ccccc8c76)ccc5c4)c4ccccc34)ccc2c1. The highest BCUT2D eigenvalue weighted by molar-refractivity contribution is 6.24. The minimum atomic E-state index is 0.847. The average molecular weight is 737 g/mol. The highest BCUT2D eigenvalue weighted by Crippen LogP contribution is 2.45. The molecule has 0 unspecified atom stereocenters. The van der Waals surface area contributed by atoms with E-state index in [0.717, 1.165) is 49.3 Å². The molecule has 0 N–H and O–H groups in total. The third-order valence-corrected chi connectivity index (χ3v) is 12.4. The molecule has 0 saturated heterocycles. The van der Waals surface area contributed by atoms with Crippen LogP contribution in [0.5, 0.6) is 0 Å². The first kappa shape index (κ1) is 31.5. The molecule has 0 fully saturated rings. The van der Waals surface area contributed by atoms with Crippen LogP contribution in [0.3, 0.4) is 0 Å². The summed E-state index contributed by atoms with van der Waals surface area (Å²) in [7, 11) is 0. The number of para-hydroxylation sites is 1. The number of hydrogen-bond donors (Lipinski definition) is 0. The first-order valence-electron chi connectivity index (χ1n) is 19.9. The Balaban J connectivity index is 0.918. The van der Waals surface area contributed by atoms with Crippen molar-refractivity contribution in [2.45, 2.75) is 0 Å². The Bertz CT molecular complexity index is 3800. The normalized spacial score (nSPS) is 12.1. The zero-order valence-corrected chi connectivity index (χ0v) is 31.3. The molecular weight excluding hydrogens is 705 g/mol. The molecule has 268 valence electrons. The lowest BCUT2D eigenvalue weighted by molar-refractivity contribution is 0.663. The molecular formula is C56H32O2. The van der Waals surface area contributed by atoms with E-state index in [9.17, 15) is 0 Å². The molecule has 2 nitrogen and oxygen atoms in total. The zero-order valence-electron chi connectivity index (χ0n) is 31.3. The number of hydrogen-bond acceptors (Lipinski definition) is 2. The lowest BCUT2D eigenvalue weighted by atomic mass is 9.85. The fraction of sp³-hybridized carbons (Fsp3) is 0. The maximum Gasteiger partial charge on any atom is 0.147 e. The van der Waals surface area contributed by atoms with Crippen molar-refractivity contribution < 1.29 is 8.83 Å². The van der Waals surface area contributed by atoms with Crippen LogP contribution in [-0.2, 0) is 0 Å². The summed E-state index contributed by atoms with van der Waals surface area (Å²) < 4.78 is 12.8.